The number of carbonyl (C=O) groups is 1. The smallest absolute Gasteiger partial charge is 0.239 e. The quantitative estimate of drug-likeness (QED) is 0.765. The number of aromatic nitrogens is 1. The second kappa shape index (κ2) is 6.47. The van der Waals surface area contributed by atoms with Crippen LogP contribution >= 0.6 is 0 Å². The Morgan fingerprint density at radius 1 is 1.44 bits per heavy atom. The van der Waals surface area contributed by atoms with Crippen LogP contribution in [0.5, 0.6) is 0 Å². The average molecular weight is 250 g/mol. The molecule has 0 unspecified atom stereocenters. The number of hydrogen-bond donors (Lipinski definition) is 2. The molecule has 0 aliphatic heterocycles. The van der Waals surface area contributed by atoms with Crippen LogP contribution in [0.15, 0.2) is 24.5 Å². The summed E-state index contributed by atoms with van der Waals surface area (Å²) in [5, 5.41) is 2.82. The van der Waals surface area contributed by atoms with Crippen LogP contribution in [0.2, 0.25) is 0 Å². The molecule has 1 amide bonds. The van der Waals surface area contributed by atoms with E-state index in [4.69, 9.17) is 5.73 Å². The zero-order chi connectivity index (χ0) is 13.6. The molecule has 0 spiro atoms. The van der Waals surface area contributed by atoms with E-state index in [1.54, 1.807) is 26.2 Å². The van der Waals surface area contributed by atoms with E-state index >= 15 is 0 Å². The number of carbonyl (C=O) groups excluding carboxylic acids is 1. The van der Waals surface area contributed by atoms with Crippen molar-refractivity contribution in [2.45, 2.75) is 25.9 Å². The summed E-state index contributed by atoms with van der Waals surface area (Å²) in [4.78, 5) is 17.7. The number of nitrogens with two attached hydrogens (primary N) is 1. The first kappa shape index (κ1) is 14.6. The summed E-state index contributed by atoms with van der Waals surface area (Å²) in [5.74, 6) is -0.125. The van der Waals surface area contributed by atoms with Crippen LogP contribution in [-0.2, 0) is 11.3 Å². The van der Waals surface area contributed by atoms with Crippen molar-refractivity contribution in [1.29, 1.82) is 0 Å². The number of nitrogens with one attached hydrogen (secondary N) is 1. The minimum Gasteiger partial charge on any atom is -0.353 e. The van der Waals surface area contributed by atoms with Gasteiger partial charge in [-0.25, -0.2) is 0 Å². The van der Waals surface area contributed by atoms with Crippen molar-refractivity contribution in [3.8, 4) is 0 Å². The van der Waals surface area contributed by atoms with E-state index in [2.05, 4.69) is 15.2 Å². The maximum atomic E-state index is 11.5. The Hall–Kier alpha value is -1.46. The first-order valence-electron chi connectivity index (χ1n) is 6.04. The zero-order valence-corrected chi connectivity index (χ0v) is 11.3. The van der Waals surface area contributed by atoms with Gasteiger partial charge in [-0.05, 0) is 38.6 Å². The highest BCUT2D eigenvalue weighted by atomic mass is 16.2. The molecule has 0 saturated carbocycles. The molecule has 1 aromatic heterocycles. The molecule has 100 valence electrons. The summed E-state index contributed by atoms with van der Waals surface area (Å²) >= 11 is 0. The maximum Gasteiger partial charge on any atom is 0.239 e. The summed E-state index contributed by atoms with van der Waals surface area (Å²) in [6.07, 6.45) is 3.56. The molecule has 0 aliphatic carbocycles. The van der Waals surface area contributed by atoms with Gasteiger partial charge in [-0.15, -0.1) is 0 Å². The summed E-state index contributed by atoms with van der Waals surface area (Å²) < 4.78 is 0. The van der Waals surface area contributed by atoms with Gasteiger partial charge in [0, 0.05) is 32.0 Å². The van der Waals surface area contributed by atoms with Gasteiger partial charge in [0.2, 0.25) is 5.91 Å². The summed E-state index contributed by atoms with van der Waals surface area (Å²) in [7, 11) is 2.01. The predicted octanol–water partition coefficient (Wildman–Crippen LogP) is 0.367. The van der Waals surface area contributed by atoms with E-state index in [1.807, 2.05) is 19.2 Å². The third-order valence-corrected chi connectivity index (χ3v) is 2.57. The average Bonchev–Trinajstić information content (AvgIpc) is 2.28. The van der Waals surface area contributed by atoms with E-state index in [-0.39, 0.29) is 5.91 Å². The topological polar surface area (TPSA) is 71.2 Å². The first-order chi connectivity index (χ1) is 8.39. The normalized spacial score (nSPS) is 11.6. The van der Waals surface area contributed by atoms with Gasteiger partial charge in [0.1, 0.15) is 0 Å². The molecule has 0 saturated heterocycles. The fourth-order valence-electron chi connectivity index (χ4n) is 1.47. The Kier molecular flexibility index (Phi) is 5.25. The van der Waals surface area contributed by atoms with E-state index in [0.29, 0.717) is 6.54 Å². The Bertz CT molecular complexity index is 372. The lowest BCUT2D eigenvalue weighted by Gasteiger charge is -2.20. The minimum absolute atomic E-state index is 0.125. The maximum absolute atomic E-state index is 11.5. The van der Waals surface area contributed by atoms with Crippen LogP contribution in [0.3, 0.4) is 0 Å². The molecular weight excluding hydrogens is 228 g/mol. The van der Waals surface area contributed by atoms with Crippen LogP contribution in [0.25, 0.3) is 0 Å². The molecule has 0 fully saturated rings. The second-order valence-electron chi connectivity index (χ2n) is 5.07. The molecule has 1 aromatic rings. The van der Waals surface area contributed by atoms with Crippen LogP contribution in [-0.4, -0.2) is 41.5 Å². The van der Waals surface area contributed by atoms with E-state index in [9.17, 15) is 4.79 Å². The molecule has 3 N–H and O–H groups in total. The standard InChI is InChI=1S/C13H22N4O/c1-13(2,14)12(18)16-8-9-17(3)10-11-4-6-15-7-5-11/h4-7H,8-10,14H2,1-3H3,(H,16,18). The Morgan fingerprint density at radius 2 is 2.06 bits per heavy atom. The van der Waals surface area contributed by atoms with Crippen molar-refractivity contribution in [2.24, 2.45) is 5.73 Å². The number of pyridine rings is 1. The third kappa shape index (κ3) is 5.25. The van der Waals surface area contributed by atoms with Crippen LogP contribution in [0.4, 0.5) is 0 Å². The fraction of sp³-hybridized carbons (Fsp3) is 0.538. The zero-order valence-electron chi connectivity index (χ0n) is 11.3. The Labute approximate surface area is 108 Å². The minimum atomic E-state index is -0.816. The highest BCUT2D eigenvalue weighted by molar-refractivity contribution is 5.84. The molecule has 0 aliphatic rings. The van der Waals surface area contributed by atoms with Crippen LogP contribution in [0, 0.1) is 0 Å². The van der Waals surface area contributed by atoms with Gasteiger partial charge in [0.05, 0.1) is 5.54 Å². The lowest BCUT2D eigenvalue weighted by Crippen LogP contribution is -2.50. The molecule has 0 aromatic carbocycles. The lowest BCUT2D eigenvalue weighted by molar-refractivity contribution is -0.125. The molecule has 0 bridgehead atoms. The van der Waals surface area contributed by atoms with Gasteiger partial charge in [-0.2, -0.15) is 0 Å². The SMILES string of the molecule is CN(CCNC(=O)C(C)(C)N)Cc1ccncc1. The molecule has 0 atom stereocenters. The second-order valence-corrected chi connectivity index (χ2v) is 5.07. The molecule has 1 heterocycles. The van der Waals surface area contributed by atoms with Gasteiger partial charge in [0.15, 0.2) is 0 Å². The predicted molar refractivity (Wildman–Crippen MR) is 71.8 cm³/mol. The van der Waals surface area contributed by atoms with Gasteiger partial charge < -0.3 is 16.0 Å². The van der Waals surface area contributed by atoms with Gasteiger partial charge in [-0.3, -0.25) is 9.78 Å². The fourth-order valence-corrected chi connectivity index (χ4v) is 1.47. The number of likely N-dealkylation sites (N-methyl/N-ethyl adjacent to an activating group) is 1. The first-order valence-corrected chi connectivity index (χ1v) is 6.04. The summed E-state index contributed by atoms with van der Waals surface area (Å²) in [5.41, 5.74) is 6.08. The number of rotatable bonds is 6. The molecule has 0 radical (unpaired) electrons. The monoisotopic (exact) mass is 250 g/mol. The highest BCUT2D eigenvalue weighted by Gasteiger charge is 2.20. The molecule has 18 heavy (non-hydrogen) atoms. The Balaban J connectivity index is 2.26. The van der Waals surface area contributed by atoms with Crippen molar-refractivity contribution < 1.29 is 4.79 Å². The molecular formula is C13H22N4O. The van der Waals surface area contributed by atoms with Crippen molar-refractivity contribution in [2.75, 3.05) is 20.1 Å². The van der Waals surface area contributed by atoms with Gasteiger partial charge >= 0.3 is 0 Å². The van der Waals surface area contributed by atoms with Crippen molar-refractivity contribution in [3.05, 3.63) is 30.1 Å². The Morgan fingerprint density at radius 3 is 2.61 bits per heavy atom. The molecule has 5 nitrogen and oxygen atoms in total. The van der Waals surface area contributed by atoms with Crippen LogP contribution < -0.4 is 11.1 Å². The van der Waals surface area contributed by atoms with E-state index in [0.717, 1.165) is 13.1 Å². The molecule has 5 heteroatoms. The largest absolute Gasteiger partial charge is 0.353 e. The summed E-state index contributed by atoms with van der Waals surface area (Å²) in [6.45, 7) is 5.61. The van der Waals surface area contributed by atoms with E-state index in [1.165, 1.54) is 5.56 Å². The van der Waals surface area contributed by atoms with Crippen LogP contribution in [0.1, 0.15) is 19.4 Å². The number of nitrogens with zero attached hydrogens (tertiary/aromatic N) is 2. The van der Waals surface area contributed by atoms with E-state index < -0.39 is 5.54 Å². The van der Waals surface area contributed by atoms with Crippen molar-refractivity contribution in [3.63, 3.8) is 0 Å². The van der Waals surface area contributed by atoms with Crippen molar-refractivity contribution >= 4 is 5.91 Å². The molecule has 1 rings (SSSR count). The third-order valence-electron chi connectivity index (χ3n) is 2.57. The lowest BCUT2D eigenvalue weighted by atomic mass is 10.1. The van der Waals surface area contributed by atoms with Gasteiger partial charge in [0.25, 0.3) is 0 Å². The number of hydrogen-bond acceptors (Lipinski definition) is 4. The highest BCUT2D eigenvalue weighted by Crippen LogP contribution is 2.00. The number of amides is 1. The summed E-state index contributed by atoms with van der Waals surface area (Å²) in [6, 6.07) is 3.97. The van der Waals surface area contributed by atoms with Crippen molar-refractivity contribution in [1.82, 2.24) is 15.2 Å². The van der Waals surface area contributed by atoms with Gasteiger partial charge in [-0.1, -0.05) is 0 Å².